The molecule has 0 unspecified atom stereocenters. The van der Waals surface area contributed by atoms with E-state index < -0.39 is 21.7 Å². The summed E-state index contributed by atoms with van der Waals surface area (Å²) in [5.74, 6) is -1.95. The van der Waals surface area contributed by atoms with E-state index in [-0.39, 0.29) is 18.4 Å². The highest BCUT2D eigenvalue weighted by atomic mass is 32.2. The second-order valence-electron chi connectivity index (χ2n) is 5.82. The molecule has 1 N–H and O–H groups in total. The normalized spacial score (nSPS) is 18.9. The van der Waals surface area contributed by atoms with Crippen molar-refractivity contribution in [2.45, 2.75) is 31.7 Å². The Kier molecular flexibility index (Phi) is 5.69. The van der Waals surface area contributed by atoms with Gasteiger partial charge in [0.15, 0.2) is 11.6 Å². The molecule has 1 amide bonds. The van der Waals surface area contributed by atoms with E-state index >= 15 is 0 Å². The van der Waals surface area contributed by atoms with Crippen molar-refractivity contribution in [3.05, 3.63) is 35.4 Å². The third-order valence-electron chi connectivity index (χ3n) is 3.77. The number of nitrogens with one attached hydrogen (secondary N) is 1. The number of hydrogen-bond donors (Lipinski definition) is 1. The summed E-state index contributed by atoms with van der Waals surface area (Å²) in [6.07, 6.45) is 3.01. The van der Waals surface area contributed by atoms with Crippen LogP contribution in [0.15, 0.2) is 18.2 Å². The molecular weight excluding hydrogens is 326 g/mol. The maximum absolute atomic E-state index is 13.1. The zero-order valence-corrected chi connectivity index (χ0v) is 13.7. The molecule has 1 aliphatic rings. The fraction of sp³-hybridized carbons (Fsp3) is 0.533. The standard InChI is InChI=1S/C15H20F2N2O3S/c1-23(21,22)18-12-3-2-8-19(10-12)15(20)7-5-11-4-6-13(16)14(17)9-11/h4,6,9,12,18H,2-3,5,7-8,10H2,1H3/t12-/m0/s1. The van der Waals surface area contributed by atoms with Gasteiger partial charge in [0, 0.05) is 25.6 Å². The lowest BCUT2D eigenvalue weighted by Gasteiger charge is -2.32. The predicted octanol–water partition coefficient (Wildman–Crippen LogP) is 1.44. The molecule has 1 saturated heterocycles. The van der Waals surface area contributed by atoms with Crippen LogP contribution in [0.3, 0.4) is 0 Å². The van der Waals surface area contributed by atoms with Crippen LogP contribution in [-0.4, -0.2) is 44.6 Å². The van der Waals surface area contributed by atoms with Crippen LogP contribution in [0, 0.1) is 11.6 Å². The molecule has 0 aromatic heterocycles. The number of halogens is 2. The van der Waals surface area contributed by atoms with Crippen molar-refractivity contribution >= 4 is 15.9 Å². The van der Waals surface area contributed by atoms with Crippen LogP contribution >= 0.6 is 0 Å². The van der Waals surface area contributed by atoms with Crippen molar-refractivity contribution in [2.24, 2.45) is 0 Å². The molecule has 1 atom stereocenters. The van der Waals surface area contributed by atoms with Crippen LogP contribution in [-0.2, 0) is 21.2 Å². The van der Waals surface area contributed by atoms with Gasteiger partial charge in [0.1, 0.15) is 0 Å². The van der Waals surface area contributed by atoms with E-state index in [2.05, 4.69) is 4.72 Å². The molecule has 1 aromatic carbocycles. The van der Waals surface area contributed by atoms with E-state index in [1.165, 1.54) is 6.07 Å². The van der Waals surface area contributed by atoms with Gasteiger partial charge in [-0.3, -0.25) is 4.79 Å². The molecule has 0 radical (unpaired) electrons. The molecule has 1 aliphatic heterocycles. The van der Waals surface area contributed by atoms with Crippen molar-refractivity contribution in [1.82, 2.24) is 9.62 Å². The average molecular weight is 346 g/mol. The Balaban J connectivity index is 1.88. The first kappa shape index (κ1) is 17.8. The maximum Gasteiger partial charge on any atom is 0.222 e. The molecule has 23 heavy (non-hydrogen) atoms. The highest BCUT2D eigenvalue weighted by Crippen LogP contribution is 2.14. The van der Waals surface area contributed by atoms with Crippen LogP contribution in [0.1, 0.15) is 24.8 Å². The summed E-state index contributed by atoms with van der Waals surface area (Å²) in [7, 11) is -3.30. The zero-order chi connectivity index (χ0) is 17.0. The fourth-order valence-corrected chi connectivity index (χ4v) is 3.51. The van der Waals surface area contributed by atoms with E-state index in [1.54, 1.807) is 4.90 Å². The number of carbonyl (C=O) groups excluding carboxylic acids is 1. The highest BCUT2D eigenvalue weighted by Gasteiger charge is 2.25. The topological polar surface area (TPSA) is 66.5 Å². The van der Waals surface area contributed by atoms with Gasteiger partial charge in [-0.15, -0.1) is 0 Å². The predicted molar refractivity (Wildman–Crippen MR) is 82.3 cm³/mol. The minimum Gasteiger partial charge on any atom is -0.341 e. The molecule has 2 rings (SSSR count). The summed E-state index contributed by atoms with van der Waals surface area (Å²) in [6, 6.07) is 3.32. The van der Waals surface area contributed by atoms with E-state index in [0.29, 0.717) is 31.5 Å². The van der Waals surface area contributed by atoms with Gasteiger partial charge in [-0.2, -0.15) is 0 Å². The smallest absolute Gasteiger partial charge is 0.222 e. The first-order valence-electron chi connectivity index (χ1n) is 7.43. The molecule has 8 heteroatoms. The summed E-state index contributed by atoms with van der Waals surface area (Å²) in [6.45, 7) is 0.919. The Hall–Kier alpha value is -1.54. The molecule has 1 fully saturated rings. The number of sulfonamides is 1. The van der Waals surface area contributed by atoms with Gasteiger partial charge in [0.05, 0.1) is 6.26 Å². The molecular formula is C15H20F2N2O3S. The fourth-order valence-electron chi connectivity index (χ4n) is 2.71. The molecule has 0 bridgehead atoms. The first-order chi connectivity index (χ1) is 10.7. The molecule has 0 aliphatic carbocycles. The van der Waals surface area contributed by atoms with Crippen molar-refractivity contribution in [2.75, 3.05) is 19.3 Å². The summed E-state index contributed by atoms with van der Waals surface area (Å²) in [5.41, 5.74) is 0.556. The lowest BCUT2D eigenvalue weighted by Crippen LogP contribution is -2.49. The molecule has 1 heterocycles. The van der Waals surface area contributed by atoms with Crippen molar-refractivity contribution in [3.63, 3.8) is 0 Å². The Morgan fingerprint density at radius 2 is 2.09 bits per heavy atom. The summed E-state index contributed by atoms with van der Waals surface area (Å²) < 4.78 is 51.0. The van der Waals surface area contributed by atoms with Gasteiger partial charge in [0.25, 0.3) is 0 Å². The minimum atomic E-state index is -3.30. The maximum atomic E-state index is 13.1. The Labute approximate surface area is 134 Å². The van der Waals surface area contributed by atoms with E-state index in [0.717, 1.165) is 24.8 Å². The van der Waals surface area contributed by atoms with Gasteiger partial charge in [-0.25, -0.2) is 21.9 Å². The van der Waals surface area contributed by atoms with Gasteiger partial charge in [-0.1, -0.05) is 6.07 Å². The number of hydrogen-bond acceptors (Lipinski definition) is 3. The molecule has 1 aromatic rings. The van der Waals surface area contributed by atoms with Crippen LogP contribution in [0.25, 0.3) is 0 Å². The number of carbonyl (C=O) groups is 1. The number of rotatable bonds is 5. The first-order valence-corrected chi connectivity index (χ1v) is 9.33. The Bertz CT molecular complexity index is 679. The number of amides is 1. The second kappa shape index (κ2) is 7.35. The van der Waals surface area contributed by atoms with E-state index in [1.807, 2.05) is 0 Å². The SMILES string of the molecule is CS(=O)(=O)N[C@H]1CCCN(C(=O)CCc2ccc(F)c(F)c2)C1. The van der Waals surface area contributed by atoms with Gasteiger partial charge < -0.3 is 4.90 Å². The quantitative estimate of drug-likeness (QED) is 0.877. The summed E-state index contributed by atoms with van der Waals surface area (Å²) >= 11 is 0. The second-order valence-corrected chi connectivity index (χ2v) is 7.60. The number of likely N-dealkylation sites (tertiary alicyclic amines) is 1. The third kappa shape index (κ3) is 5.54. The number of nitrogens with zero attached hydrogens (tertiary/aromatic N) is 1. The Morgan fingerprint density at radius 3 is 2.74 bits per heavy atom. The van der Waals surface area contributed by atoms with Crippen molar-refractivity contribution in [3.8, 4) is 0 Å². The zero-order valence-electron chi connectivity index (χ0n) is 12.9. The lowest BCUT2D eigenvalue weighted by molar-refractivity contribution is -0.132. The highest BCUT2D eigenvalue weighted by molar-refractivity contribution is 7.88. The minimum absolute atomic E-state index is 0.116. The largest absolute Gasteiger partial charge is 0.341 e. The summed E-state index contributed by atoms with van der Waals surface area (Å²) in [5, 5.41) is 0. The summed E-state index contributed by atoms with van der Waals surface area (Å²) in [4.78, 5) is 13.8. The number of aryl methyl sites for hydroxylation is 1. The lowest BCUT2D eigenvalue weighted by atomic mass is 10.0. The van der Waals surface area contributed by atoms with Crippen LogP contribution in [0.5, 0.6) is 0 Å². The number of piperidine rings is 1. The van der Waals surface area contributed by atoms with Crippen LogP contribution in [0.2, 0.25) is 0 Å². The Morgan fingerprint density at radius 1 is 1.35 bits per heavy atom. The number of benzene rings is 1. The van der Waals surface area contributed by atoms with Gasteiger partial charge >= 0.3 is 0 Å². The van der Waals surface area contributed by atoms with Crippen LogP contribution in [0.4, 0.5) is 8.78 Å². The van der Waals surface area contributed by atoms with Crippen molar-refractivity contribution in [1.29, 1.82) is 0 Å². The molecule has 0 saturated carbocycles. The van der Waals surface area contributed by atoms with E-state index in [9.17, 15) is 22.0 Å². The van der Waals surface area contributed by atoms with Gasteiger partial charge in [0.2, 0.25) is 15.9 Å². The molecule has 5 nitrogen and oxygen atoms in total. The van der Waals surface area contributed by atoms with Crippen LogP contribution < -0.4 is 4.72 Å². The average Bonchev–Trinajstić information content (AvgIpc) is 2.46. The van der Waals surface area contributed by atoms with Crippen molar-refractivity contribution < 1.29 is 22.0 Å². The third-order valence-corrected chi connectivity index (χ3v) is 4.53. The van der Waals surface area contributed by atoms with Gasteiger partial charge in [-0.05, 0) is 37.0 Å². The molecule has 0 spiro atoms. The molecule has 128 valence electrons. The van der Waals surface area contributed by atoms with E-state index in [4.69, 9.17) is 0 Å². The monoisotopic (exact) mass is 346 g/mol.